The zero-order valence-electron chi connectivity index (χ0n) is 26.5. The number of ether oxygens (including phenoxy) is 3. The smallest absolute Gasteiger partial charge is 0.270 e. The van der Waals surface area contributed by atoms with Crippen molar-refractivity contribution in [3.63, 3.8) is 0 Å². The van der Waals surface area contributed by atoms with E-state index >= 15 is 0 Å². The molecule has 51 heavy (non-hydrogen) atoms. The Labute approximate surface area is 287 Å². The Morgan fingerprint density at radius 1 is 0.608 bits per heavy atom. The number of benzene rings is 4. The fourth-order valence-corrected chi connectivity index (χ4v) is 4.85. The summed E-state index contributed by atoms with van der Waals surface area (Å²) in [7, 11) is 0. The van der Waals surface area contributed by atoms with Crippen LogP contribution in [0.2, 0.25) is 0 Å². The maximum absolute atomic E-state index is 12.9. The van der Waals surface area contributed by atoms with Crippen molar-refractivity contribution in [1.82, 2.24) is 0 Å². The van der Waals surface area contributed by atoms with E-state index in [1.807, 2.05) is 0 Å². The summed E-state index contributed by atoms with van der Waals surface area (Å²) in [5, 5.41) is 22.4. The van der Waals surface area contributed by atoms with Crippen molar-refractivity contribution in [2.24, 2.45) is 9.98 Å². The first-order chi connectivity index (χ1) is 24.8. The summed E-state index contributed by atoms with van der Waals surface area (Å²) in [4.78, 5) is 55.7. The third-order valence-electron chi connectivity index (χ3n) is 7.37. The molecular formula is C36H26N4O11. The van der Waals surface area contributed by atoms with Gasteiger partial charge in [-0.2, -0.15) is 0 Å². The Morgan fingerprint density at radius 3 is 1.47 bits per heavy atom. The van der Waals surface area contributed by atoms with Crippen molar-refractivity contribution in [1.29, 1.82) is 0 Å². The van der Waals surface area contributed by atoms with Gasteiger partial charge in [-0.1, -0.05) is 24.3 Å². The van der Waals surface area contributed by atoms with Crippen LogP contribution in [0.15, 0.2) is 126 Å². The molecule has 256 valence electrons. The summed E-state index contributed by atoms with van der Waals surface area (Å²) in [6.45, 7) is 0.827. The summed E-state index contributed by atoms with van der Waals surface area (Å²) in [6, 6.07) is 21.5. The van der Waals surface area contributed by atoms with E-state index in [0.29, 0.717) is 22.9 Å². The average molecular weight is 691 g/mol. The molecule has 6 aromatic rings. The van der Waals surface area contributed by atoms with E-state index in [2.05, 4.69) is 9.98 Å². The highest BCUT2D eigenvalue weighted by Crippen LogP contribution is 2.28. The summed E-state index contributed by atoms with van der Waals surface area (Å²) in [5.41, 5.74) is 0.193. The highest BCUT2D eigenvalue weighted by molar-refractivity contribution is 5.89. The Bertz CT molecular complexity index is 2270. The summed E-state index contributed by atoms with van der Waals surface area (Å²) in [5.74, 6) is 0.889. The average Bonchev–Trinajstić information content (AvgIpc) is 3.14. The van der Waals surface area contributed by atoms with Crippen LogP contribution < -0.4 is 20.3 Å². The van der Waals surface area contributed by atoms with Gasteiger partial charge in [0.2, 0.25) is 10.9 Å². The standard InChI is InChI=1S/C36H26N4O11/c41-35-23(21-50-31-11-9-25(39(43)44)17-27(31)35)19-37-29-5-1-3-7-33(29)48-15-13-47-14-16-49-34-8-4-2-6-30(34)38-20-24-22-51-32-12-10-26(40(45)46)18-28(32)36(24)42/h1-12,17-22H,13-16H2. The number of nitro benzene ring substituents is 2. The lowest BCUT2D eigenvalue weighted by molar-refractivity contribution is -0.384. The van der Waals surface area contributed by atoms with Crippen molar-refractivity contribution >= 4 is 57.1 Å². The fraction of sp³-hybridized carbons (Fsp3) is 0.111. The zero-order chi connectivity index (χ0) is 35.7. The Balaban J connectivity index is 1.01. The fourth-order valence-electron chi connectivity index (χ4n) is 4.85. The molecule has 0 saturated carbocycles. The van der Waals surface area contributed by atoms with Crippen LogP contribution in [0.25, 0.3) is 21.9 Å². The summed E-state index contributed by atoms with van der Waals surface area (Å²) < 4.78 is 28.3. The molecule has 0 saturated heterocycles. The molecule has 15 nitrogen and oxygen atoms in total. The topological polar surface area (TPSA) is 199 Å². The molecule has 0 atom stereocenters. The molecule has 0 fully saturated rings. The van der Waals surface area contributed by atoms with Gasteiger partial charge in [-0.25, -0.2) is 0 Å². The number of non-ortho nitro benzene ring substituents is 2. The van der Waals surface area contributed by atoms with Gasteiger partial charge in [0.05, 0.1) is 45.0 Å². The van der Waals surface area contributed by atoms with Crippen molar-refractivity contribution in [3.8, 4) is 11.5 Å². The molecule has 0 N–H and O–H groups in total. The highest BCUT2D eigenvalue weighted by atomic mass is 16.6. The van der Waals surface area contributed by atoms with E-state index in [0.717, 1.165) is 0 Å². The van der Waals surface area contributed by atoms with Crippen LogP contribution in [0.5, 0.6) is 11.5 Å². The van der Waals surface area contributed by atoms with Gasteiger partial charge in [0.15, 0.2) is 0 Å². The zero-order valence-corrected chi connectivity index (χ0v) is 26.5. The molecule has 4 aromatic carbocycles. The number of aliphatic imine (C=N–C) groups is 2. The van der Waals surface area contributed by atoms with Gasteiger partial charge < -0.3 is 23.0 Å². The third-order valence-corrected chi connectivity index (χ3v) is 7.37. The minimum atomic E-state index is -0.585. The second-order valence-corrected chi connectivity index (χ2v) is 10.7. The molecule has 0 spiro atoms. The molecule has 0 bridgehead atoms. The number of fused-ring (bicyclic) bond motifs is 2. The van der Waals surface area contributed by atoms with E-state index in [9.17, 15) is 29.8 Å². The van der Waals surface area contributed by atoms with Crippen LogP contribution >= 0.6 is 0 Å². The van der Waals surface area contributed by atoms with Crippen molar-refractivity contribution in [2.75, 3.05) is 26.4 Å². The van der Waals surface area contributed by atoms with Gasteiger partial charge in [0.25, 0.3) is 11.4 Å². The van der Waals surface area contributed by atoms with Crippen LogP contribution in [0.1, 0.15) is 11.1 Å². The molecule has 0 aliphatic heterocycles. The van der Waals surface area contributed by atoms with E-state index in [1.54, 1.807) is 48.5 Å². The predicted molar refractivity (Wildman–Crippen MR) is 187 cm³/mol. The molecular weight excluding hydrogens is 664 g/mol. The first kappa shape index (κ1) is 33.9. The molecule has 0 radical (unpaired) electrons. The van der Waals surface area contributed by atoms with Crippen LogP contribution in [0, 0.1) is 20.2 Å². The Morgan fingerprint density at radius 2 is 1.04 bits per heavy atom. The SMILES string of the molecule is O=c1c(C=Nc2ccccc2OCCOCCOc2ccccc2N=Cc2coc3ccc([N+](=O)[O-])cc3c2=O)coc2ccc([N+](=O)[O-])cc12. The largest absolute Gasteiger partial charge is 0.489 e. The molecule has 0 aliphatic rings. The second kappa shape index (κ2) is 15.5. The molecule has 0 amide bonds. The van der Waals surface area contributed by atoms with Gasteiger partial charge >= 0.3 is 0 Å². The minimum absolute atomic E-state index is 0.0711. The number of hydrogen-bond donors (Lipinski definition) is 0. The van der Waals surface area contributed by atoms with Gasteiger partial charge in [0, 0.05) is 36.7 Å². The summed E-state index contributed by atoms with van der Waals surface area (Å²) >= 11 is 0. The highest BCUT2D eigenvalue weighted by Gasteiger charge is 2.14. The normalized spacial score (nSPS) is 11.5. The molecule has 2 heterocycles. The van der Waals surface area contributed by atoms with Gasteiger partial charge in [-0.05, 0) is 36.4 Å². The van der Waals surface area contributed by atoms with Crippen molar-refractivity contribution < 1.29 is 32.9 Å². The number of rotatable bonds is 14. The van der Waals surface area contributed by atoms with Crippen LogP contribution in [0.4, 0.5) is 22.7 Å². The second-order valence-electron chi connectivity index (χ2n) is 10.7. The minimum Gasteiger partial charge on any atom is -0.489 e. The Hall–Kier alpha value is -7.00. The summed E-state index contributed by atoms with van der Waals surface area (Å²) in [6.07, 6.45) is 5.11. The van der Waals surface area contributed by atoms with Gasteiger partial charge in [0.1, 0.15) is 59.8 Å². The van der Waals surface area contributed by atoms with Gasteiger partial charge in [-0.3, -0.25) is 39.8 Å². The number of hydrogen-bond acceptors (Lipinski definition) is 13. The van der Waals surface area contributed by atoms with Gasteiger partial charge in [-0.15, -0.1) is 0 Å². The molecule has 15 heteroatoms. The van der Waals surface area contributed by atoms with E-state index < -0.39 is 20.7 Å². The van der Waals surface area contributed by atoms with Crippen molar-refractivity contribution in [3.05, 3.63) is 149 Å². The quantitative estimate of drug-likeness (QED) is 0.0510. The monoisotopic (exact) mass is 690 g/mol. The number of para-hydroxylation sites is 4. The number of nitrogens with zero attached hydrogens (tertiary/aromatic N) is 4. The molecule has 6 rings (SSSR count). The van der Waals surface area contributed by atoms with E-state index in [1.165, 1.54) is 61.4 Å². The third kappa shape index (κ3) is 8.01. The van der Waals surface area contributed by atoms with E-state index in [4.69, 9.17) is 23.0 Å². The number of nitro groups is 2. The Kier molecular flexibility index (Phi) is 10.3. The lowest BCUT2D eigenvalue weighted by Gasteiger charge is -2.11. The maximum atomic E-state index is 12.9. The van der Waals surface area contributed by atoms with Crippen molar-refractivity contribution in [2.45, 2.75) is 0 Å². The predicted octanol–water partition coefficient (Wildman–Crippen LogP) is 6.69. The first-order valence-corrected chi connectivity index (χ1v) is 15.3. The first-order valence-electron chi connectivity index (χ1n) is 15.3. The van der Waals surface area contributed by atoms with E-state index in [-0.39, 0.29) is 70.9 Å². The van der Waals surface area contributed by atoms with Crippen LogP contribution in [-0.4, -0.2) is 48.7 Å². The lowest BCUT2D eigenvalue weighted by Crippen LogP contribution is -2.12. The molecule has 0 aliphatic carbocycles. The molecule has 0 unspecified atom stereocenters. The lowest BCUT2D eigenvalue weighted by atomic mass is 10.1. The maximum Gasteiger partial charge on any atom is 0.270 e. The molecule has 2 aromatic heterocycles. The van der Waals surface area contributed by atoms with Crippen LogP contribution in [0.3, 0.4) is 0 Å². The van der Waals surface area contributed by atoms with Crippen LogP contribution in [-0.2, 0) is 4.74 Å².